The van der Waals surface area contributed by atoms with Crippen LogP contribution in [0.15, 0.2) is 6.04 Å². The van der Waals surface area contributed by atoms with Gasteiger partial charge in [-0.1, -0.05) is 11.6 Å². The van der Waals surface area contributed by atoms with Gasteiger partial charge in [-0.2, -0.15) is 0 Å². The van der Waals surface area contributed by atoms with Crippen LogP contribution in [0.3, 0.4) is 0 Å². The fourth-order valence-electron chi connectivity index (χ4n) is 0.377. The van der Waals surface area contributed by atoms with Gasteiger partial charge in [0.05, 0.1) is 1.37 Å². The van der Waals surface area contributed by atoms with Gasteiger partial charge in [-0.05, 0) is 19.7 Å². The van der Waals surface area contributed by atoms with E-state index in [9.17, 15) is 0 Å². The molecule has 0 spiro atoms. The van der Waals surface area contributed by atoms with E-state index in [1.807, 2.05) is 0 Å². The summed E-state index contributed by atoms with van der Waals surface area (Å²) in [7, 11) is 0. The highest BCUT2D eigenvalue weighted by molar-refractivity contribution is 6.29. The Bertz CT molecular complexity index is 411. The molecule has 0 atom stereocenters. The first-order chi connectivity index (χ1) is 7.03. The first-order valence-corrected chi connectivity index (χ1v) is 2.46. The molecule has 0 radical (unpaired) electrons. The summed E-state index contributed by atoms with van der Waals surface area (Å²) in [4.78, 5) is 6.74. The molecule has 0 bridgehead atoms. The molecule has 0 saturated carbocycles. The molecule has 0 aromatic carbocycles. The molecule has 48 valence electrons. The van der Waals surface area contributed by atoms with E-state index in [1.165, 1.54) is 0 Å². The van der Waals surface area contributed by atoms with E-state index in [2.05, 4.69) is 9.97 Å². The Morgan fingerprint density at radius 1 is 1.67 bits per heavy atom. The first kappa shape index (κ1) is 1.92. The molecule has 1 rings (SSSR count). The van der Waals surface area contributed by atoms with Crippen molar-refractivity contribution in [3.8, 4) is 0 Å². The molecule has 1 heterocycles. The van der Waals surface area contributed by atoms with Crippen molar-refractivity contribution < 1.29 is 9.60 Å². The van der Waals surface area contributed by atoms with Crippen LogP contribution in [0.4, 0.5) is 0 Å². The van der Waals surface area contributed by atoms with E-state index in [4.69, 9.17) is 21.2 Å². The zero-order chi connectivity index (χ0) is 12.7. The molecule has 1 aromatic heterocycles. The maximum atomic E-state index is 7.35. The molecule has 0 unspecified atom stereocenters. The Labute approximate surface area is 68.7 Å². The lowest BCUT2D eigenvalue weighted by Gasteiger charge is -1.93. The summed E-state index contributed by atoms with van der Waals surface area (Å²) < 4.78 is 49.8. The molecule has 9 heavy (non-hydrogen) atoms. The summed E-state index contributed by atoms with van der Waals surface area (Å²) in [5, 5.41) is -0.479. The minimum atomic E-state index is -2.69. The molecule has 0 fully saturated rings. The Morgan fingerprint density at radius 3 is 3.22 bits per heavy atom. The van der Waals surface area contributed by atoms with Crippen LogP contribution in [0.5, 0.6) is 0 Å². The molecular weight excluding hydrogens is 136 g/mol. The fourth-order valence-corrected chi connectivity index (χ4v) is 0.547. The van der Waals surface area contributed by atoms with Crippen LogP contribution in [0, 0.1) is 13.7 Å². The predicted molar refractivity (Wildman–Crippen MR) is 36.5 cm³/mol. The monoisotopic (exact) mass is 149 g/mol. The minimum absolute atomic E-state index is 0.479. The van der Waals surface area contributed by atoms with Crippen LogP contribution in [0.2, 0.25) is 5.15 Å². The van der Waals surface area contributed by atoms with Crippen molar-refractivity contribution in [3.05, 3.63) is 22.7 Å². The second-order valence-electron chi connectivity index (χ2n) is 1.31. The molecular formula is C6H7ClN2. The minimum Gasteiger partial charge on any atom is -0.238 e. The van der Waals surface area contributed by atoms with E-state index in [1.54, 1.807) is 0 Å². The second kappa shape index (κ2) is 2.31. The summed E-state index contributed by atoms with van der Waals surface area (Å²) in [6, 6.07) is -0.574. The normalized spacial score (nSPS) is 23.9. The molecule has 3 heteroatoms. The highest BCUT2D eigenvalue weighted by Crippen LogP contribution is 2.04. The zero-order valence-corrected chi connectivity index (χ0v) is 5.03. The van der Waals surface area contributed by atoms with Crippen LogP contribution >= 0.6 is 11.6 Å². The van der Waals surface area contributed by atoms with E-state index in [0.29, 0.717) is 0 Å². The second-order valence-corrected chi connectivity index (χ2v) is 1.67. The van der Waals surface area contributed by atoms with Crippen LogP contribution in [-0.2, 0) is 0 Å². The molecule has 0 amide bonds. The average molecular weight is 150 g/mol. The van der Waals surface area contributed by atoms with Gasteiger partial charge in [0.1, 0.15) is 11.0 Å². The number of hydrogen-bond acceptors (Lipinski definition) is 2. The van der Waals surface area contributed by atoms with Crippen molar-refractivity contribution in [3.63, 3.8) is 0 Å². The van der Waals surface area contributed by atoms with Crippen molar-refractivity contribution in [2.24, 2.45) is 0 Å². The van der Waals surface area contributed by atoms with Crippen LogP contribution in [0.1, 0.15) is 21.1 Å². The van der Waals surface area contributed by atoms with Gasteiger partial charge in [0, 0.05) is 13.9 Å². The van der Waals surface area contributed by atoms with Gasteiger partial charge >= 0.3 is 0 Å². The highest BCUT2D eigenvalue weighted by Gasteiger charge is 1.92. The largest absolute Gasteiger partial charge is 0.238 e. The third-order valence-electron chi connectivity index (χ3n) is 0.643. The van der Waals surface area contributed by atoms with Crippen LogP contribution in [-0.4, -0.2) is 9.97 Å². The Balaban J connectivity index is 3.46. The van der Waals surface area contributed by atoms with Gasteiger partial charge in [0.2, 0.25) is 0 Å². The van der Waals surface area contributed by atoms with Crippen molar-refractivity contribution in [2.45, 2.75) is 13.7 Å². The number of aryl methyl sites for hydroxylation is 2. The number of hydrogen-bond donors (Lipinski definition) is 0. The summed E-state index contributed by atoms with van der Waals surface area (Å²) in [5.74, 6) is -0.667. The van der Waals surface area contributed by atoms with Gasteiger partial charge in [-0.3, -0.25) is 0 Å². The van der Waals surface area contributed by atoms with E-state index in [-0.39, 0.29) is 0 Å². The number of aromatic nitrogens is 2. The summed E-state index contributed by atoms with van der Waals surface area (Å²) >= 11 is 5.49. The Morgan fingerprint density at radius 2 is 2.56 bits per heavy atom. The lowest BCUT2D eigenvalue weighted by atomic mass is 10.4. The lowest BCUT2D eigenvalue weighted by molar-refractivity contribution is 1.01. The molecule has 1 aromatic rings. The maximum absolute atomic E-state index is 7.35. The van der Waals surface area contributed by atoms with Crippen molar-refractivity contribution in [1.29, 1.82) is 0 Å². The molecule has 0 N–H and O–H groups in total. The van der Waals surface area contributed by atoms with Gasteiger partial charge in [0.15, 0.2) is 0 Å². The molecule has 2 nitrogen and oxygen atoms in total. The maximum Gasteiger partial charge on any atom is 0.133 e. The number of halogens is 1. The molecule has 0 saturated heterocycles. The topological polar surface area (TPSA) is 25.8 Å². The molecule has 0 aliphatic carbocycles. The fraction of sp³-hybridized carbons (Fsp3) is 0.333. The summed E-state index contributed by atoms with van der Waals surface area (Å²) in [6.07, 6.45) is 0. The van der Waals surface area contributed by atoms with Crippen molar-refractivity contribution in [1.82, 2.24) is 9.97 Å². The van der Waals surface area contributed by atoms with E-state index < -0.39 is 36.4 Å². The molecule has 0 aliphatic rings. The third kappa shape index (κ3) is 1.64. The quantitative estimate of drug-likeness (QED) is 0.526. The van der Waals surface area contributed by atoms with Crippen LogP contribution in [0.25, 0.3) is 0 Å². The first-order valence-electron chi connectivity index (χ1n) is 5.58. The smallest absolute Gasteiger partial charge is 0.133 e. The van der Waals surface area contributed by atoms with Gasteiger partial charge < -0.3 is 0 Å². The lowest BCUT2D eigenvalue weighted by Crippen LogP contribution is -1.89. The van der Waals surface area contributed by atoms with Gasteiger partial charge in [-0.25, -0.2) is 9.97 Å². The van der Waals surface area contributed by atoms with Gasteiger partial charge in [-0.15, -0.1) is 0 Å². The van der Waals surface area contributed by atoms with E-state index in [0.717, 1.165) is 0 Å². The average Bonchev–Trinajstić information content (AvgIpc) is 2.05. The number of nitrogens with zero attached hydrogens (tertiary/aromatic N) is 2. The standard InChI is InChI=1S/C6H7ClN2/c1-4-3-6(7)9-5(2)8-4/h3H,1-2H3/i1D3,2D3,3D. The van der Waals surface area contributed by atoms with Crippen molar-refractivity contribution >= 4 is 11.6 Å². The van der Waals surface area contributed by atoms with Crippen LogP contribution < -0.4 is 0 Å². The van der Waals surface area contributed by atoms with Crippen molar-refractivity contribution in [2.75, 3.05) is 0 Å². The molecule has 0 aliphatic heterocycles. The zero-order valence-electron chi connectivity index (χ0n) is 11.3. The van der Waals surface area contributed by atoms with Gasteiger partial charge in [0.25, 0.3) is 0 Å². The van der Waals surface area contributed by atoms with E-state index >= 15 is 0 Å². The summed E-state index contributed by atoms with van der Waals surface area (Å²) in [5.41, 5.74) is -0.654. The number of rotatable bonds is 0. The SMILES string of the molecule is [2H]c1c(Cl)nc(C([2H])([2H])[2H])nc1C([2H])([2H])[2H]. The summed E-state index contributed by atoms with van der Waals surface area (Å²) in [6.45, 7) is -5.35. The highest BCUT2D eigenvalue weighted by atomic mass is 35.5. The predicted octanol–water partition coefficient (Wildman–Crippen LogP) is 1.75. The third-order valence-corrected chi connectivity index (χ3v) is 0.822. The Kier molecular flexibility index (Phi) is 0.495. The Hall–Kier alpha value is -0.630.